The predicted molar refractivity (Wildman–Crippen MR) is 176 cm³/mol. The molecule has 2 saturated heterocycles. The Labute approximate surface area is 263 Å². The monoisotopic (exact) mass is 607 g/mol. The Morgan fingerprint density at radius 3 is 2.47 bits per heavy atom. The smallest absolute Gasteiger partial charge is 0.321 e. The number of aromatic nitrogens is 2. The molecule has 4 N–H and O–H groups in total. The summed E-state index contributed by atoms with van der Waals surface area (Å²) in [4.78, 5) is 45.5. The van der Waals surface area contributed by atoms with Gasteiger partial charge < -0.3 is 25.8 Å². The largest absolute Gasteiger partial charge is 0.355 e. The van der Waals surface area contributed by atoms with Gasteiger partial charge in [-0.2, -0.15) is 0 Å². The van der Waals surface area contributed by atoms with Crippen molar-refractivity contribution in [1.82, 2.24) is 25.1 Å². The van der Waals surface area contributed by atoms with Gasteiger partial charge in [0.1, 0.15) is 5.82 Å². The number of imidazole rings is 1. The van der Waals surface area contributed by atoms with Gasteiger partial charge in [-0.25, -0.2) is 9.78 Å². The highest BCUT2D eigenvalue weighted by Crippen LogP contribution is 2.30. The van der Waals surface area contributed by atoms with Crippen LogP contribution in [0.5, 0.6) is 0 Å². The minimum Gasteiger partial charge on any atom is -0.355 e. The van der Waals surface area contributed by atoms with Crippen LogP contribution in [0, 0.1) is 0 Å². The first-order valence-corrected chi connectivity index (χ1v) is 15.8. The zero-order valence-corrected chi connectivity index (χ0v) is 25.7. The molecule has 2 aliphatic rings. The molecular formula is C35H41N7O3. The van der Waals surface area contributed by atoms with E-state index in [9.17, 15) is 14.4 Å². The number of hydrogen-bond acceptors (Lipinski definition) is 5. The highest BCUT2D eigenvalue weighted by molar-refractivity contribution is 5.94. The van der Waals surface area contributed by atoms with E-state index < -0.39 is 0 Å². The normalized spacial score (nSPS) is 17.4. The molecule has 1 aromatic heterocycles. The molecule has 45 heavy (non-hydrogen) atoms. The maximum Gasteiger partial charge on any atom is 0.321 e. The quantitative estimate of drug-likeness (QED) is 0.251. The van der Waals surface area contributed by atoms with Crippen molar-refractivity contribution in [3.63, 3.8) is 0 Å². The molecule has 6 rings (SSSR count). The van der Waals surface area contributed by atoms with Crippen molar-refractivity contribution in [2.75, 3.05) is 37.6 Å². The van der Waals surface area contributed by atoms with Crippen molar-refractivity contribution in [1.29, 1.82) is 0 Å². The summed E-state index contributed by atoms with van der Waals surface area (Å²) in [6.45, 7) is 5.37. The lowest BCUT2D eigenvalue weighted by Crippen LogP contribution is -2.42. The average molecular weight is 608 g/mol. The minimum atomic E-state index is -0.281. The highest BCUT2D eigenvalue weighted by Gasteiger charge is 2.29. The first-order valence-electron chi connectivity index (χ1n) is 15.8. The van der Waals surface area contributed by atoms with Crippen LogP contribution in [0.2, 0.25) is 0 Å². The van der Waals surface area contributed by atoms with Gasteiger partial charge in [0.25, 0.3) is 0 Å². The number of carbonyl (C=O) groups is 3. The zero-order chi connectivity index (χ0) is 31.3. The van der Waals surface area contributed by atoms with Crippen molar-refractivity contribution in [3.8, 4) is 11.1 Å². The molecule has 0 saturated carbocycles. The molecule has 0 bridgehead atoms. The molecule has 10 nitrogen and oxygen atoms in total. The number of nitrogens with one attached hydrogen (secondary N) is 2. The maximum absolute atomic E-state index is 13.4. The third-order valence-electron chi connectivity index (χ3n) is 8.79. The van der Waals surface area contributed by atoms with Gasteiger partial charge in [0.2, 0.25) is 11.8 Å². The molecule has 0 spiro atoms. The van der Waals surface area contributed by atoms with E-state index >= 15 is 0 Å². The molecule has 234 valence electrons. The van der Waals surface area contributed by atoms with Crippen molar-refractivity contribution in [2.45, 2.75) is 51.1 Å². The molecule has 10 heteroatoms. The summed E-state index contributed by atoms with van der Waals surface area (Å²) in [5.74, 6) is 1.12. The number of fused-ring (bicyclic) bond motifs is 1. The third-order valence-corrected chi connectivity index (χ3v) is 8.79. The molecular weight excluding hydrogens is 566 g/mol. The molecule has 4 aromatic rings. The summed E-state index contributed by atoms with van der Waals surface area (Å²) >= 11 is 0. The van der Waals surface area contributed by atoms with Crippen molar-refractivity contribution < 1.29 is 14.4 Å². The van der Waals surface area contributed by atoms with Crippen molar-refractivity contribution in [2.24, 2.45) is 5.73 Å². The fourth-order valence-corrected chi connectivity index (χ4v) is 6.51. The molecule has 3 heterocycles. The van der Waals surface area contributed by atoms with E-state index in [0.29, 0.717) is 45.6 Å². The Kier molecular flexibility index (Phi) is 9.11. The second-order valence-electron chi connectivity index (χ2n) is 12.1. The number of hydrogen-bond donors (Lipinski definition) is 3. The minimum absolute atomic E-state index is 0.0527. The molecule has 2 fully saturated rings. The molecule has 4 amide bonds. The predicted octanol–water partition coefficient (Wildman–Crippen LogP) is 4.04. The summed E-state index contributed by atoms with van der Waals surface area (Å²) < 4.78 is 2.19. The highest BCUT2D eigenvalue weighted by atomic mass is 16.2. The third kappa shape index (κ3) is 7.01. The summed E-state index contributed by atoms with van der Waals surface area (Å²) in [5, 5.41) is 5.72. The number of amides is 4. The van der Waals surface area contributed by atoms with Crippen LogP contribution < -0.4 is 21.3 Å². The van der Waals surface area contributed by atoms with E-state index in [-0.39, 0.29) is 29.8 Å². The van der Waals surface area contributed by atoms with Crippen LogP contribution in [0.15, 0.2) is 72.8 Å². The van der Waals surface area contributed by atoms with E-state index in [2.05, 4.69) is 45.5 Å². The van der Waals surface area contributed by atoms with Crippen LogP contribution in [-0.4, -0.2) is 71.1 Å². The van der Waals surface area contributed by atoms with Crippen LogP contribution in [0.1, 0.15) is 43.5 Å². The summed E-state index contributed by atoms with van der Waals surface area (Å²) in [5.41, 5.74) is 12.6. The second-order valence-corrected chi connectivity index (χ2v) is 12.1. The van der Waals surface area contributed by atoms with Gasteiger partial charge in [0, 0.05) is 70.3 Å². The number of urea groups is 1. The Hall–Kier alpha value is -4.70. The summed E-state index contributed by atoms with van der Waals surface area (Å²) in [7, 11) is 0. The van der Waals surface area contributed by atoms with E-state index in [1.807, 2.05) is 47.4 Å². The number of nitrogens with zero attached hydrogens (tertiary/aromatic N) is 4. The van der Waals surface area contributed by atoms with Crippen LogP contribution in [0.4, 0.5) is 10.5 Å². The van der Waals surface area contributed by atoms with Crippen LogP contribution in [-0.2, 0) is 22.6 Å². The average Bonchev–Trinajstić information content (AvgIpc) is 3.65. The first-order chi connectivity index (χ1) is 21.9. The zero-order valence-electron chi connectivity index (χ0n) is 25.7. The molecule has 2 atom stereocenters. The van der Waals surface area contributed by atoms with Crippen LogP contribution >= 0.6 is 0 Å². The van der Waals surface area contributed by atoms with Gasteiger partial charge in [0.15, 0.2) is 0 Å². The van der Waals surface area contributed by atoms with Crippen LogP contribution in [0.3, 0.4) is 0 Å². The number of likely N-dealkylation sites (tertiary alicyclic amines) is 1. The van der Waals surface area contributed by atoms with Gasteiger partial charge >= 0.3 is 6.03 Å². The van der Waals surface area contributed by atoms with Crippen molar-refractivity contribution in [3.05, 3.63) is 84.2 Å². The molecule has 3 aromatic carbocycles. The number of anilines is 1. The summed E-state index contributed by atoms with van der Waals surface area (Å²) in [6, 6.07) is 24.0. The van der Waals surface area contributed by atoms with Crippen molar-refractivity contribution >= 4 is 34.6 Å². The second kappa shape index (κ2) is 13.5. The van der Waals surface area contributed by atoms with Gasteiger partial charge in [-0.3, -0.25) is 14.5 Å². The molecule has 0 aliphatic carbocycles. The van der Waals surface area contributed by atoms with E-state index in [0.717, 1.165) is 58.6 Å². The number of benzene rings is 3. The molecule has 2 aliphatic heterocycles. The van der Waals surface area contributed by atoms with Gasteiger partial charge in [-0.05, 0) is 60.2 Å². The fraction of sp³-hybridized carbons (Fsp3) is 0.371. The fourth-order valence-electron chi connectivity index (χ4n) is 6.51. The lowest BCUT2D eigenvalue weighted by molar-refractivity contribution is -0.132. The Morgan fingerprint density at radius 1 is 1.02 bits per heavy atom. The van der Waals surface area contributed by atoms with Gasteiger partial charge in [-0.1, -0.05) is 48.5 Å². The van der Waals surface area contributed by atoms with Crippen LogP contribution in [0.25, 0.3) is 22.2 Å². The maximum atomic E-state index is 13.4. The number of carbonyl (C=O) groups excluding carboxylic acids is 3. The SMILES string of the molecule is CC(=O)NCCn1c([C@@H]2CCCN(C(=O)C[C@H](N)Cc3ccc(-c4ccc(N5CCNC5=O)cc4)cc3)C2)nc2ccccc21. The molecule has 0 radical (unpaired) electrons. The Balaban J connectivity index is 1.05. The van der Waals surface area contributed by atoms with E-state index in [1.165, 1.54) is 6.92 Å². The standard InChI is InChI=1S/C35H41N7O3/c1-24(43)37-16-20-42-32-7-3-2-6-31(32)39-34(42)28-5-4-18-40(23-28)33(44)22-29(36)21-25-8-10-26(11-9-25)27-12-14-30(15-13-27)41-19-17-38-35(41)45/h2-3,6-15,28-29H,4-5,16-23,36H2,1H3,(H,37,43)(H,38,45)/t28-,29-/m1/s1. The number of piperidine rings is 1. The number of rotatable bonds is 10. The Bertz CT molecular complexity index is 1670. The number of para-hydroxylation sites is 2. The van der Waals surface area contributed by atoms with Gasteiger partial charge in [-0.15, -0.1) is 0 Å². The van der Waals surface area contributed by atoms with E-state index in [4.69, 9.17) is 10.7 Å². The first kappa shape index (κ1) is 30.3. The number of nitrogens with two attached hydrogens (primary N) is 1. The summed E-state index contributed by atoms with van der Waals surface area (Å²) in [6.07, 6.45) is 2.78. The lowest BCUT2D eigenvalue weighted by Gasteiger charge is -2.33. The molecule has 0 unspecified atom stereocenters. The lowest BCUT2D eigenvalue weighted by atomic mass is 9.95. The Morgan fingerprint density at radius 2 is 1.76 bits per heavy atom. The topological polar surface area (TPSA) is 126 Å². The van der Waals surface area contributed by atoms with E-state index in [1.54, 1.807) is 4.90 Å². The van der Waals surface area contributed by atoms with Gasteiger partial charge in [0.05, 0.1) is 11.0 Å².